The molecule has 0 bridgehead atoms. The highest BCUT2D eigenvalue weighted by Gasteiger charge is 2.10. The third-order valence-corrected chi connectivity index (χ3v) is 2.46. The molecule has 0 aromatic carbocycles. The quantitative estimate of drug-likeness (QED) is 0.856. The molecule has 2 aromatic heterocycles. The molecule has 8 heteroatoms. The molecule has 0 amide bonds. The molecule has 0 fully saturated rings. The lowest BCUT2D eigenvalue weighted by molar-refractivity contribution is 0.437. The van der Waals surface area contributed by atoms with Crippen LogP contribution in [0.4, 0.5) is 5.95 Å². The van der Waals surface area contributed by atoms with Gasteiger partial charge in [0.05, 0.1) is 12.4 Å². The van der Waals surface area contributed by atoms with Gasteiger partial charge in [-0.1, -0.05) is 0 Å². The maximum atomic E-state index is 5.83. The van der Waals surface area contributed by atoms with Crippen molar-refractivity contribution >= 4 is 17.5 Å². The number of hydrogen-bond donors (Lipinski definition) is 0. The summed E-state index contributed by atoms with van der Waals surface area (Å²) in [4.78, 5) is 13.8. The van der Waals surface area contributed by atoms with Crippen LogP contribution in [-0.4, -0.2) is 38.8 Å². The zero-order valence-corrected chi connectivity index (χ0v) is 12.0. The van der Waals surface area contributed by atoms with Crippen LogP contribution in [-0.2, 0) is 0 Å². The average molecular weight is 283 g/mol. The van der Waals surface area contributed by atoms with Crippen LogP contribution in [0.5, 0.6) is 11.8 Å². The Labute approximate surface area is 116 Å². The molecular formula is C11H15ClN6O. The van der Waals surface area contributed by atoms with Crippen LogP contribution in [0, 0.1) is 0 Å². The van der Waals surface area contributed by atoms with Crippen molar-refractivity contribution < 1.29 is 4.74 Å². The van der Waals surface area contributed by atoms with Gasteiger partial charge >= 0.3 is 6.01 Å². The standard InChI is InChI=1S/C11H15ClN6O/c1-7(2)18-6-8(5-13-18)19-11-15-9(12)14-10(16-11)17(3)4/h5-7H,1-4H3. The van der Waals surface area contributed by atoms with Gasteiger partial charge in [-0.2, -0.15) is 20.1 Å². The summed E-state index contributed by atoms with van der Waals surface area (Å²) in [5.41, 5.74) is 0. The van der Waals surface area contributed by atoms with Crippen LogP contribution >= 0.6 is 11.6 Å². The number of halogens is 1. The minimum Gasteiger partial charge on any atom is -0.421 e. The van der Waals surface area contributed by atoms with Gasteiger partial charge in [-0.05, 0) is 25.4 Å². The summed E-state index contributed by atoms with van der Waals surface area (Å²) in [6.45, 7) is 4.06. The summed E-state index contributed by atoms with van der Waals surface area (Å²) >= 11 is 5.83. The molecule has 0 aliphatic carbocycles. The fraction of sp³-hybridized carbons (Fsp3) is 0.455. The van der Waals surface area contributed by atoms with Crippen LogP contribution in [0.25, 0.3) is 0 Å². The smallest absolute Gasteiger partial charge is 0.328 e. The van der Waals surface area contributed by atoms with Gasteiger partial charge in [-0.25, -0.2) is 0 Å². The van der Waals surface area contributed by atoms with E-state index in [0.717, 1.165) is 0 Å². The molecule has 0 N–H and O–H groups in total. The third kappa shape index (κ3) is 3.31. The Hall–Kier alpha value is -1.89. The Balaban J connectivity index is 2.22. The molecule has 0 saturated heterocycles. The Morgan fingerprint density at radius 2 is 2.00 bits per heavy atom. The summed E-state index contributed by atoms with van der Waals surface area (Å²) in [5, 5.41) is 4.26. The molecular weight excluding hydrogens is 268 g/mol. The van der Waals surface area contributed by atoms with Crippen molar-refractivity contribution in [3.8, 4) is 11.8 Å². The van der Waals surface area contributed by atoms with Crippen molar-refractivity contribution in [3.63, 3.8) is 0 Å². The summed E-state index contributed by atoms with van der Waals surface area (Å²) in [6, 6.07) is 0.406. The first-order chi connectivity index (χ1) is 8.95. The Morgan fingerprint density at radius 3 is 2.58 bits per heavy atom. The van der Waals surface area contributed by atoms with Crippen LogP contribution in [0.3, 0.4) is 0 Å². The fourth-order valence-electron chi connectivity index (χ4n) is 1.33. The highest BCUT2D eigenvalue weighted by molar-refractivity contribution is 6.28. The van der Waals surface area contributed by atoms with E-state index in [9.17, 15) is 0 Å². The Kier molecular flexibility index (Phi) is 3.84. The third-order valence-electron chi connectivity index (χ3n) is 2.29. The second kappa shape index (κ2) is 5.40. The molecule has 2 heterocycles. The van der Waals surface area contributed by atoms with Crippen LogP contribution in [0.15, 0.2) is 12.4 Å². The van der Waals surface area contributed by atoms with Crippen LogP contribution in [0.1, 0.15) is 19.9 Å². The largest absolute Gasteiger partial charge is 0.421 e. The lowest BCUT2D eigenvalue weighted by Gasteiger charge is -2.10. The van der Waals surface area contributed by atoms with E-state index >= 15 is 0 Å². The molecule has 0 radical (unpaired) electrons. The zero-order chi connectivity index (χ0) is 14.0. The second-order valence-electron chi connectivity index (χ2n) is 4.43. The lowest BCUT2D eigenvalue weighted by atomic mass is 10.4. The van der Waals surface area contributed by atoms with Gasteiger partial charge in [0.1, 0.15) is 0 Å². The molecule has 0 spiro atoms. The molecule has 0 unspecified atom stereocenters. The van der Waals surface area contributed by atoms with Crippen molar-refractivity contribution in [1.82, 2.24) is 24.7 Å². The molecule has 0 atom stereocenters. The number of ether oxygens (including phenoxy) is 1. The minimum absolute atomic E-state index is 0.0879. The second-order valence-corrected chi connectivity index (χ2v) is 4.77. The maximum Gasteiger partial charge on any atom is 0.328 e. The van der Waals surface area contributed by atoms with Gasteiger partial charge in [-0.15, -0.1) is 0 Å². The highest BCUT2D eigenvalue weighted by Crippen LogP contribution is 2.21. The topological polar surface area (TPSA) is 69.0 Å². The minimum atomic E-state index is 0.0879. The molecule has 0 saturated carbocycles. The Morgan fingerprint density at radius 1 is 1.26 bits per heavy atom. The first-order valence-corrected chi connectivity index (χ1v) is 6.14. The van der Waals surface area contributed by atoms with E-state index in [-0.39, 0.29) is 17.3 Å². The van der Waals surface area contributed by atoms with E-state index in [1.54, 1.807) is 22.0 Å². The van der Waals surface area contributed by atoms with Gasteiger partial charge in [0.25, 0.3) is 0 Å². The number of rotatable bonds is 4. The van der Waals surface area contributed by atoms with E-state index in [4.69, 9.17) is 16.3 Å². The highest BCUT2D eigenvalue weighted by atomic mass is 35.5. The van der Waals surface area contributed by atoms with Crippen LogP contribution in [0.2, 0.25) is 5.28 Å². The summed E-state index contributed by atoms with van der Waals surface area (Å²) < 4.78 is 7.31. The molecule has 2 rings (SSSR count). The predicted octanol–water partition coefficient (Wildman–Crippen LogP) is 2.16. The van der Waals surface area contributed by atoms with Crippen LogP contribution < -0.4 is 9.64 Å². The summed E-state index contributed by atoms with van der Waals surface area (Å²) in [5.74, 6) is 0.993. The lowest BCUT2D eigenvalue weighted by Crippen LogP contribution is -2.13. The first-order valence-electron chi connectivity index (χ1n) is 5.76. The van der Waals surface area contributed by atoms with Crippen molar-refractivity contribution in [2.75, 3.05) is 19.0 Å². The van der Waals surface area contributed by atoms with E-state index in [2.05, 4.69) is 20.1 Å². The van der Waals surface area contributed by atoms with E-state index < -0.39 is 0 Å². The number of nitrogens with zero attached hydrogens (tertiary/aromatic N) is 6. The number of hydrogen-bond acceptors (Lipinski definition) is 6. The van der Waals surface area contributed by atoms with Crippen molar-refractivity contribution in [2.24, 2.45) is 0 Å². The van der Waals surface area contributed by atoms with Crippen molar-refractivity contribution in [3.05, 3.63) is 17.7 Å². The molecule has 0 aliphatic rings. The van der Waals surface area contributed by atoms with E-state index in [1.807, 2.05) is 27.9 Å². The number of anilines is 1. The van der Waals surface area contributed by atoms with Crippen molar-refractivity contribution in [2.45, 2.75) is 19.9 Å². The summed E-state index contributed by atoms with van der Waals surface area (Å²) in [7, 11) is 3.62. The molecule has 7 nitrogen and oxygen atoms in total. The van der Waals surface area contributed by atoms with Gasteiger partial charge < -0.3 is 9.64 Å². The van der Waals surface area contributed by atoms with Gasteiger partial charge in [0.2, 0.25) is 11.2 Å². The normalized spacial score (nSPS) is 10.8. The maximum absolute atomic E-state index is 5.83. The van der Waals surface area contributed by atoms with Gasteiger partial charge in [-0.3, -0.25) is 4.68 Å². The average Bonchev–Trinajstić information content (AvgIpc) is 2.76. The first kappa shape index (κ1) is 13.5. The van der Waals surface area contributed by atoms with Gasteiger partial charge in [0, 0.05) is 20.1 Å². The number of aromatic nitrogens is 5. The van der Waals surface area contributed by atoms with Gasteiger partial charge in [0.15, 0.2) is 5.75 Å². The predicted molar refractivity (Wildman–Crippen MR) is 71.9 cm³/mol. The zero-order valence-electron chi connectivity index (χ0n) is 11.2. The summed E-state index contributed by atoms with van der Waals surface area (Å²) in [6.07, 6.45) is 3.38. The Bertz CT molecular complexity index is 568. The molecule has 0 aliphatic heterocycles. The van der Waals surface area contributed by atoms with E-state index in [0.29, 0.717) is 11.7 Å². The monoisotopic (exact) mass is 282 g/mol. The SMILES string of the molecule is CC(C)n1cc(Oc2nc(Cl)nc(N(C)C)n2)cn1. The molecule has 19 heavy (non-hydrogen) atoms. The molecule has 2 aromatic rings. The fourth-order valence-corrected chi connectivity index (χ4v) is 1.48. The van der Waals surface area contributed by atoms with E-state index in [1.165, 1.54) is 0 Å². The van der Waals surface area contributed by atoms with Crippen molar-refractivity contribution in [1.29, 1.82) is 0 Å². The molecule has 102 valence electrons.